The van der Waals surface area contributed by atoms with Crippen molar-refractivity contribution < 1.29 is 13.9 Å². The summed E-state index contributed by atoms with van der Waals surface area (Å²) in [6.07, 6.45) is 6.14. The van der Waals surface area contributed by atoms with Gasteiger partial charge in [-0.05, 0) is 67.1 Å². The number of rotatable bonds is 5. The van der Waals surface area contributed by atoms with Gasteiger partial charge in [0.05, 0.1) is 17.9 Å². The van der Waals surface area contributed by atoms with Crippen molar-refractivity contribution in [1.29, 1.82) is 0 Å². The topological polar surface area (TPSA) is 99.0 Å². The summed E-state index contributed by atoms with van der Waals surface area (Å²) in [7, 11) is 0. The summed E-state index contributed by atoms with van der Waals surface area (Å²) in [4.78, 5) is 38.3. The molecule has 0 unspecified atom stereocenters. The normalized spacial score (nSPS) is 10.9. The van der Waals surface area contributed by atoms with E-state index in [1.807, 2.05) is 0 Å². The number of aryl methyl sites for hydroxylation is 1. The zero-order valence-electron chi connectivity index (χ0n) is 18.8. The van der Waals surface area contributed by atoms with E-state index in [9.17, 15) is 14.0 Å². The third-order valence-electron chi connectivity index (χ3n) is 5.38. The first-order chi connectivity index (χ1) is 17.4. The van der Waals surface area contributed by atoms with E-state index in [1.165, 1.54) is 47.3 Å². The number of halogens is 2. The SMILES string of the molecule is Cc1cc(NC(=O)c2cccn(-c3ccc(F)cc3)c2=O)ncc1Oc1ccnc2cnc(Cl)cc12. The van der Waals surface area contributed by atoms with Gasteiger partial charge in [-0.2, -0.15) is 0 Å². The van der Waals surface area contributed by atoms with Crippen LogP contribution in [0.1, 0.15) is 15.9 Å². The number of carbonyl (C=O) groups is 1. The fourth-order valence-electron chi connectivity index (χ4n) is 3.58. The average Bonchev–Trinajstić information content (AvgIpc) is 2.86. The summed E-state index contributed by atoms with van der Waals surface area (Å²) < 4.78 is 20.5. The summed E-state index contributed by atoms with van der Waals surface area (Å²) >= 11 is 6.02. The van der Waals surface area contributed by atoms with E-state index in [1.54, 1.807) is 43.6 Å². The van der Waals surface area contributed by atoms with Crippen molar-refractivity contribution in [2.24, 2.45) is 0 Å². The Kier molecular flexibility index (Phi) is 6.14. The van der Waals surface area contributed by atoms with Crippen molar-refractivity contribution >= 4 is 34.2 Å². The number of nitrogens with one attached hydrogen (secondary N) is 1. The number of anilines is 1. The van der Waals surface area contributed by atoms with Crippen molar-refractivity contribution in [1.82, 2.24) is 19.5 Å². The fraction of sp³-hybridized carbons (Fsp3) is 0.0385. The molecule has 0 aliphatic carbocycles. The van der Waals surface area contributed by atoms with Crippen LogP contribution in [0.4, 0.5) is 10.2 Å². The molecule has 4 heterocycles. The molecule has 10 heteroatoms. The van der Waals surface area contributed by atoms with Crippen molar-refractivity contribution in [3.8, 4) is 17.2 Å². The maximum Gasteiger partial charge on any atom is 0.267 e. The Morgan fingerprint density at radius 2 is 1.83 bits per heavy atom. The number of nitrogens with zero attached hydrogens (tertiary/aromatic N) is 4. The number of hydrogen-bond donors (Lipinski definition) is 1. The molecule has 8 nitrogen and oxygen atoms in total. The van der Waals surface area contributed by atoms with E-state index in [-0.39, 0.29) is 11.4 Å². The third-order valence-corrected chi connectivity index (χ3v) is 5.58. The highest BCUT2D eigenvalue weighted by atomic mass is 35.5. The molecule has 4 aromatic heterocycles. The molecular formula is C26H17ClFN5O3. The molecule has 1 amide bonds. The standard InChI is InChI=1S/C26H17ClFN5O3/c1-15-11-24(31-14-22(15)36-21-8-9-29-20-13-30-23(27)12-19(20)21)32-25(34)18-3-2-10-33(26(18)35)17-6-4-16(28)5-7-17/h2-14H,1H3,(H,31,32,34). The second-order valence-electron chi connectivity index (χ2n) is 7.80. The van der Waals surface area contributed by atoms with E-state index in [4.69, 9.17) is 16.3 Å². The van der Waals surface area contributed by atoms with Crippen LogP contribution in [0.2, 0.25) is 5.15 Å². The number of pyridine rings is 4. The predicted molar refractivity (Wildman–Crippen MR) is 134 cm³/mol. The monoisotopic (exact) mass is 501 g/mol. The molecule has 0 bridgehead atoms. The molecule has 0 radical (unpaired) electrons. The van der Waals surface area contributed by atoms with E-state index in [2.05, 4.69) is 20.3 Å². The molecule has 0 aliphatic heterocycles. The molecule has 0 atom stereocenters. The van der Waals surface area contributed by atoms with Gasteiger partial charge < -0.3 is 10.1 Å². The highest BCUT2D eigenvalue weighted by Crippen LogP contribution is 2.31. The molecule has 0 spiro atoms. The van der Waals surface area contributed by atoms with Crippen LogP contribution in [0.15, 0.2) is 84.2 Å². The number of fused-ring (bicyclic) bond motifs is 1. The zero-order valence-corrected chi connectivity index (χ0v) is 19.5. The lowest BCUT2D eigenvalue weighted by Crippen LogP contribution is -2.28. The van der Waals surface area contributed by atoms with Crippen molar-refractivity contribution in [3.05, 3.63) is 112 Å². The molecule has 178 valence electrons. The molecule has 1 N–H and O–H groups in total. The highest BCUT2D eigenvalue weighted by Gasteiger charge is 2.15. The maximum atomic E-state index is 13.2. The van der Waals surface area contributed by atoms with Crippen LogP contribution >= 0.6 is 11.6 Å². The van der Waals surface area contributed by atoms with Gasteiger partial charge in [0, 0.05) is 23.5 Å². The molecule has 5 aromatic rings. The number of carbonyl (C=O) groups excluding carboxylic acids is 1. The van der Waals surface area contributed by atoms with Gasteiger partial charge in [0.2, 0.25) is 0 Å². The van der Waals surface area contributed by atoms with E-state index >= 15 is 0 Å². The summed E-state index contributed by atoms with van der Waals surface area (Å²) in [6, 6.07) is 13.4. The van der Waals surface area contributed by atoms with Gasteiger partial charge in [0.1, 0.15) is 33.9 Å². The Morgan fingerprint density at radius 3 is 2.61 bits per heavy atom. The van der Waals surface area contributed by atoms with Crippen LogP contribution in [0.25, 0.3) is 16.6 Å². The van der Waals surface area contributed by atoms with Gasteiger partial charge in [0.25, 0.3) is 11.5 Å². The van der Waals surface area contributed by atoms with Crippen LogP contribution in [0.3, 0.4) is 0 Å². The molecule has 36 heavy (non-hydrogen) atoms. The first-order valence-corrected chi connectivity index (χ1v) is 11.1. The van der Waals surface area contributed by atoms with Crippen LogP contribution < -0.4 is 15.6 Å². The third kappa shape index (κ3) is 4.64. The quantitative estimate of drug-likeness (QED) is 0.327. The minimum absolute atomic E-state index is 0.0876. The minimum Gasteiger partial charge on any atom is -0.455 e. The number of aromatic nitrogens is 4. The Hall–Kier alpha value is -4.63. The molecule has 0 saturated heterocycles. The average molecular weight is 502 g/mol. The fourth-order valence-corrected chi connectivity index (χ4v) is 3.74. The Morgan fingerprint density at radius 1 is 1.03 bits per heavy atom. The molecule has 1 aromatic carbocycles. The second-order valence-corrected chi connectivity index (χ2v) is 8.19. The number of ether oxygens (including phenoxy) is 1. The second kappa shape index (κ2) is 9.55. The van der Waals surface area contributed by atoms with Crippen LogP contribution in [0, 0.1) is 12.7 Å². The van der Waals surface area contributed by atoms with Crippen LogP contribution in [0.5, 0.6) is 11.5 Å². The van der Waals surface area contributed by atoms with E-state index < -0.39 is 17.3 Å². The van der Waals surface area contributed by atoms with Crippen molar-refractivity contribution in [2.75, 3.05) is 5.32 Å². The first-order valence-electron chi connectivity index (χ1n) is 10.7. The molecule has 0 aliphatic rings. The van der Waals surface area contributed by atoms with Gasteiger partial charge in [-0.1, -0.05) is 11.6 Å². The van der Waals surface area contributed by atoms with Gasteiger partial charge >= 0.3 is 0 Å². The number of amides is 1. The Labute approximate surface area is 209 Å². The maximum absolute atomic E-state index is 13.2. The molecule has 0 saturated carbocycles. The summed E-state index contributed by atoms with van der Waals surface area (Å²) in [6.45, 7) is 1.80. The highest BCUT2D eigenvalue weighted by molar-refractivity contribution is 6.30. The first kappa shape index (κ1) is 23.1. The van der Waals surface area contributed by atoms with E-state index in [0.29, 0.717) is 38.8 Å². The van der Waals surface area contributed by atoms with Gasteiger partial charge in [-0.25, -0.2) is 14.4 Å². The predicted octanol–water partition coefficient (Wildman–Crippen LogP) is 5.32. The Bertz CT molecular complexity index is 1670. The van der Waals surface area contributed by atoms with Gasteiger partial charge in [-0.15, -0.1) is 0 Å². The van der Waals surface area contributed by atoms with Crippen molar-refractivity contribution in [2.45, 2.75) is 6.92 Å². The Balaban J connectivity index is 1.38. The number of hydrogen-bond acceptors (Lipinski definition) is 6. The minimum atomic E-state index is -0.626. The van der Waals surface area contributed by atoms with Crippen LogP contribution in [-0.2, 0) is 0 Å². The summed E-state index contributed by atoms with van der Waals surface area (Å²) in [5.74, 6) is 0.184. The number of benzene rings is 1. The lowest BCUT2D eigenvalue weighted by atomic mass is 10.2. The molecular weight excluding hydrogens is 485 g/mol. The summed E-state index contributed by atoms with van der Waals surface area (Å²) in [5, 5.41) is 3.64. The zero-order chi connectivity index (χ0) is 25.2. The smallest absolute Gasteiger partial charge is 0.267 e. The lowest BCUT2D eigenvalue weighted by Gasteiger charge is -2.12. The van der Waals surface area contributed by atoms with Gasteiger partial charge in [0.15, 0.2) is 0 Å². The molecule has 0 fully saturated rings. The largest absolute Gasteiger partial charge is 0.455 e. The lowest BCUT2D eigenvalue weighted by molar-refractivity contribution is 0.102. The molecule has 5 rings (SSSR count). The van der Waals surface area contributed by atoms with E-state index in [0.717, 1.165) is 0 Å². The van der Waals surface area contributed by atoms with Gasteiger partial charge in [-0.3, -0.25) is 19.1 Å². The van der Waals surface area contributed by atoms with Crippen LogP contribution in [-0.4, -0.2) is 25.4 Å². The van der Waals surface area contributed by atoms with Crippen molar-refractivity contribution in [3.63, 3.8) is 0 Å². The summed E-state index contributed by atoms with van der Waals surface area (Å²) in [5.41, 5.74) is 1.13.